The highest BCUT2D eigenvalue weighted by Gasteiger charge is 2.00. The van der Waals surface area contributed by atoms with Gasteiger partial charge in [0.25, 0.3) is 0 Å². The van der Waals surface area contributed by atoms with Gasteiger partial charge in [-0.15, -0.1) is 0 Å². The SMILES string of the molecule is CCNC(=O)CCCc1ccc(OC)cc1. The lowest BCUT2D eigenvalue weighted by atomic mass is 10.1. The standard InChI is InChI=1S/C13H19NO2/c1-3-14-13(15)6-4-5-11-7-9-12(16-2)10-8-11/h7-10H,3-6H2,1-2H3,(H,14,15). The van der Waals surface area contributed by atoms with Gasteiger partial charge in [0.15, 0.2) is 0 Å². The lowest BCUT2D eigenvalue weighted by Gasteiger charge is -2.04. The van der Waals surface area contributed by atoms with Crippen LogP contribution in [0.5, 0.6) is 5.75 Å². The number of hydrogen-bond donors (Lipinski definition) is 1. The molecule has 1 amide bonds. The average Bonchev–Trinajstić information content (AvgIpc) is 2.30. The summed E-state index contributed by atoms with van der Waals surface area (Å²) in [6, 6.07) is 7.97. The number of nitrogens with one attached hydrogen (secondary N) is 1. The van der Waals surface area contributed by atoms with Crippen LogP contribution in [-0.4, -0.2) is 19.6 Å². The first-order chi connectivity index (χ1) is 7.76. The van der Waals surface area contributed by atoms with E-state index < -0.39 is 0 Å². The van der Waals surface area contributed by atoms with Crippen molar-refractivity contribution in [1.29, 1.82) is 0 Å². The van der Waals surface area contributed by atoms with Crippen molar-refractivity contribution < 1.29 is 9.53 Å². The summed E-state index contributed by atoms with van der Waals surface area (Å²) in [6.07, 6.45) is 2.42. The maximum absolute atomic E-state index is 11.2. The number of methoxy groups -OCH3 is 1. The van der Waals surface area contributed by atoms with Crippen LogP contribution in [0, 0.1) is 0 Å². The number of amides is 1. The summed E-state index contributed by atoms with van der Waals surface area (Å²) in [5, 5.41) is 2.79. The minimum Gasteiger partial charge on any atom is -0.497 e. The van der Waals surface area contributed by atoms with Gasteiger partial charge in [0.2, 0.25) is 5.91 Å². The van der Waals surface area contributed by atoms with E-state index in [1.54, 1.807) is 7.11 Å². The van der Waals surface area contributed by atoms with Crippen molar-refractivity contribution in [2.45, 2.75) is 26.2 Å². The molecule has 0 spiro atoms. The lowest BCUT2D eigenvalue weighted by molar-refractivity contribution is -0.121. The third-order valence-electron chi connectivity index (χ3n) is 2.40. The molecule has 0 bridgehead atoms. The number of carbonyl (C=O) groups excluding carboxylic acids is 1. The molecule has 3 heteroatoms. The minimum atomic E-state index is 0.135. The van der Waals surface area contributed by atoms with Crippen LogP contribution in [0.1, 0.15) is 25.3 Å². The van der Waals surface area contributed by atoms with Crippen LogP contribution in [0.2, 0.25) is 0 Å². The summed E-state index contributed by atoms with van der Waals surface area (Å²) in [5.74, 6) is 1.00. The van der Waals surface area contributed by atoms with E-state index in [-0.39, 0.29) is 5.91 Å². The summed E-state index contributed by atoms with van der Waals surface area (Å²) < 4.78 is 5.08. The largest absolute Gasteiger partial charge is 0.497 e. The molecule has 1 rings (SSSR count). The molecule has 0 radical (unpaired) electrons. The number of ether oxygens (including phenoxy) is 1. The van der Waals surface area contributed by atoms with Crippen molar-refractivity contribution in [3.8, 4) is 5.75 Å². The predicted molar refractivity (Wildman–Crippen MR) is 64.6 cm³/mol. The quantitative estimate of drug-likeness (QED) is 0.799. The Kier molecular flexibility index (Phi) is 5.40. The molecule has 0 saturated heterocycles. The van der Waals surface area contributed by atoms with E-state index in [4.69, 9.17) is 4.74 Å². The van der Waals surface area contributed by atoms with Crippen molar-refractivity contribution in [2.75, 3.05) is 13.7 Å². The van der Waals surface area contributed by atoms with Gasteiger partial charge in [-0.25, -0.2) is 0 Å². The molecular weight excluding hydrogens is 202 g/mol. The van der Waals surface area contributed by atoms with Gasteiger partial charge in [0, 0.05) is 13.0 Å². The fourth-order valence-electron chi connectivity index (χ4n) is 1.53. The second-order valence-electron chi connectivity index (χ2n) is 3.66. The van der Waals surface area contributed by atoms with Gasteiger partial charge in [-0.3, -0.25) is 4.79 Å². The van der Waals surface area contributed by atoms with Gasteiger partial charge in [-0.1, -0.05) is 12.1 Å². The van der Waals surface area contributed by atoms with Gasteiger partial charge in [-0.2, -0.15) is 0 Å². The van der Waals surface area contributed by atoms with Crippen LogP contribution >= 0.6 is 0 Å². The lowest BCUT2D eigenvalue weighted by Crippen LogP contribution is -2.22. The number of aryl methyl sites for hydroxylation is 1. The normalized spacial score (nSPS) is 9.88. The molecule has 1 aromatic carbocycles. The van der Waals surface area contributed by atoms with Gasteiger partial charge >= 0.3 is 0 Å². The molecule has 0 saturated carbocycles. The molecule has 88 valence electrons. The third kappa shape index (κ3) is 4.34. The van der Waals surface area contributed by atoms with Crippen LogP contribution < -0.4 is 10.1 Å². The zero-order valence-electron chi connectivity index (χ0n) is 9.95. The van der Waals surface area contributed by atoms with Gasteiger partial charge < -0.3 is 10.1 Å². The van der Waals surface area contributed by atoms with Gasteiger partial charge in [0.1, 0.15) is 5.75 Å². The highest BCUT2D eigenvalue weighted by atomic mass is 16.5. The molecule has 1 aromatic rings. The Bertz CT molecular complexity index is 319. The Labute approximate surface area is 96.8 Å². The Morgan fingerprint density at radius 2 is 2.00 bits per heavy atom. The monoisotopic (exact) mass is 221 g/mol. The van der Waals surface area contributed by atoms with Crippen LogP contribution in [0.3, 0.4) is 0 Å². The molecule has 1 N–H and O–H groups in total. The molecule has 0 atom stereocenters. The highest BCUT2D eigenvalue weighted by molar-refractivity contribution is 5.75. The second-order valence-corrected chi connectivity index (χ2v) is 3.66. The first kappa shape index (κ1) is 12.6. The first-order valence-corrected chi connectivity index (χ1v) is 5.66. The van der Waals surface area contributed by atoms with E-state index in [0.29, 0.717) is 13.0 Å². The van der Waals surface area contributed by atoms with Gasteiger partial charge in [-0.05, 0) is 37.5 Å². The molecule has 0 unspecified atom stereocenters. The first-order valence-electron chi connectivity index (χ1n) is 5.66. The maximum Gasteiger partial charge on any atom is 0.219 e. The van der Waals surface area contributed by atoms with Crippen LogP contribution in [0.15, 0.2) is 24.3 Å². The van der Waals surface area contributed by atoms with Crippen molar-refractivity contribution in [2.24, 2.45) is 0 Å². The molecular formula is C13H19NO2. The van der Waals surface area contributed by atoms with E-state index in [0.717, 1.165) is 18.6 Å². The fourth-order valence-corrected chi connectivity index (χ4v) is 1.53. The van der Waals surface area contributed by atoms with Gasteiger partial charge in [0.05, 0.1) is 7.11 Å². The molecule has 0 aromatic heterocycles. The molecule has 0 aliphatic heterocycles. The summed E-state index contributed by atoms with van der Waals surface area (Å²) in [7, 11) is 1.66. The highest BCUT2D eigenvalue weighted by Crippen LogP contribution is 2.12. The summed E-state index contributed by atoms with van der Waals surface area (Å²) >= 11 is 0. The number of hydrogen-bond acceptors (Lipinski definition) is 2. The van der Waals surface area contributed by atoms with Crippen molar-refractivity contribution in [3.63, 3.8) is 0 Å². The molecule has 0 heterocycles. The fraction of sp³-hybridized carbons (Fsp3) is 0.462. The zero-order valence-corrected chi connectivity index (χ0v) is 9.95. The van der Waals surface area contributed by atoms with E-state index in [9.17, 15) is 4.79 Å². The average molecular weight is 221 g/mol. The number of rotatable bonds is 6. The van der Waals surface area contributed by atoms with Crippen molar-refractivity contribution in [3.05, 3.63) is 29.8 Å². The molecule has 3 nitrogen and oxygen atoms in total. The molecule has 0 aliphatic rings. The Morgan fingerprint density at radius 3 is 2.56 bits per heavy atom. The van der Waals surface area contributed by atoms with Crippen LogP contribution in [0.4, 0.5) is 0 Å². The van der Waals surface area contributed by atoms with Crippen molar-refractivity contribution >= 4 is 5.91 Å². The molecule has 0 fully saturated rings. The van der Waals surface area contributed by atoms with E-state index in [1.807, 2.05) is 31.2 Å². The molecule has 0 aliphatic carbocycles. The topological polar surface area (TPSA) is 38.3 Å². The van der Waals surface area contributed by atoms with Crippen LogP contribution in [0.25, 0.3) is 0 Å². The summed E-state index contributed by atoms with van der Waals surface area (Å²) in [4.78, 5) is 11.2. The Morgan fingerprint density at radius 1 is 1.31 bits per heavy atom. The van der Waals surface area contributed by atoms with E-state index >= 15 is 0 Å². The van der Waals surface area contributed by atoms with E-state index in [2.05, 4.69) is 5.32 Å². The number of carbonyl (C=O) groups is 1. The van der Waals surface area contributed by atoms with Crippen LogP contribution in [-0.2, 0) is 11.2 Å². The minimum absolute atomic E-state index is 0.135. The second kappa shape index (κ2) is 6.88. The predicted octanol–water partition coefficient (Wildman–Crippen LogP) is 2.15. The Balaban J connectivity index is 2.29. The van der Waals surface area contributed by atoms with Crippen molar-refractivity contribution in [1.82, 2.24) is 5.32 Å². The zero-order chi connectivity index (χ0) is 11.8. The smallest absolute Gasteiger partial charge is 0.219 e. The summed E-state index contributed by atoms with van der Waals surface area (Å²) in [6.45, 7) is 2.64. The summed E-state index contributed by atoms with van der Waals surface area (Å²) in [5.41, 5.74) is 1.24. The third-order valence-corrected chi connectivity index (χ3v) is 2.40. The maximum atomic E-state index is 11.2. The van der Waals surface area contributed by atoms with E-state index in [1.165, 1.54) is 5.56 Å². The molecule has 16 heavy (non-hydrogen) atoms. The number of benzene rings is 1. The Hall–Kier alpha value is -1.51.